The highest BCUT2D eigenvalue weighted by Gasteiger charge is 2.26. The number of hydrogen-bond acceptors (Lipinski definition) is 4. The summed E-state index contributed by atoms with van der Waals surface area (Å²) in [7, 11) is -3.77. The van der Waals surface area contributed by atoms with Gasteiger partial charge >= 0.3 is 0 Å². The van der Waals surface area contributed by atoms with Crippen molar-refractivity contribution < 1.29 is 17.6 Å². The van der Waals surface area contributed by atoms with Gasteiger partial charge in [0.1, 0.15) is 0 Å². The van der Waals surface area contributed by atoms with E-state index in [1.165, 1.54) is 6.26 Å². The molecule has 0 atom stereocenters. The molecule has 2 heterocycles. The molecule has 0 unspecified atom stereocenters. The summed E-state index contributed by atoms with van der Waals surface area (Å²) < 4.78 is 34.7. The van der Waals surface area contributed by atoms with E-state index in [1.807, 2.05) is 46.8 Å². The molecule has 0 saturated heterocycles. The Morgan fingerprint density at radius 2 is 1.59 bits per heavy atom. The van der Waals surface area contributed by atoms with Crippen molar-refractivity contribution in [2.45, 2.75) is 52.5 Å². The molecule has 0 bridgehead atoms. The first kappa shape index (κ1) is 22.1. The van der Waals surface area contributed by atoms with Gasteiger partial charge in [0.25, 0.3) is 15.9 Å². The molecule has 1 aliphatic heterocycles. The second-order valence-electron chi connectivity index (χ2n) is 8.50. The third-order valence-corrected chi connectivity index (χ3v) is 8.34. The van der Waals surface area contributed by atoms with Crippen LogP contribution in [0.5, 0.6) is 0 Å². The molecule has 0 saturated carbocycles. The van der Waals surface area contributed by atoms with E-state index in [0.29, 0.717) is 35.9 Å². The smallest absolute Gasteiger partial charge is 0.289 e. The van der Waals surface area contributed by atoms with Gasteiger partial charge in [-0.05, 0) is 104 Å². The molecule has 1 aromatic heterocycles. The normalized spacial score (nSPS) is 13.7. The molecule has 4 rings (SSSR count). The highest BCUT2D eigenvalue weighted by molar-refractivity contribution is 7.92. The number of carbonyl (C=O) groups excluding carboxylic acids is 1. The minimum atomic E-state index is -3.77. The Kier molecular flexibility index (Phi) is 5.63. The van der Waals surface area contributed by atoms with Crippen molar-refractivity contribution in [1.29, 1.82) is 0 Å². The summed E-state index contributed by atoms with van der Waals surface area (Å²) in [4.78, 5) is 14.7. The third-order valence-electron chi connectivity index (χ3n) is 6.69. The first-order valence-electron chi connectivity index (χ1n) is 10.6. The van der Waals surface area contributed by atoms with E-state index in [1.54, 1.807) is 23.1 Å². The van der Waals surface area contributed by atoms with Gasteiger partial charge < -0.3 is 9.32 Å². The van der Waals surface area contributed by atoms with Gasteiger partial charge in [0, 0.05) is 18.8 Å². The van der Waals surface area contributed by atoms with Gasteiger partial charge in [-0.1, -0.05) is 6.07 Å². The van der Waals surface area contributed by atoms with Crippen LogP contribution in [0.3, 0.4) is 0 Å². The highest BCUT2D eigenvalue weighted by Crippen LogP contribution is 2.31. The van der Waals surface area contributed by atoms with Crippen LogP contribution in [0.15, 0.2) is 45.9 Å². The van der Waals surface area contributed by atoms with Crippen molar-refractivity contribution in [2.75, 3.05) is 11.3 Å². The van der Waals surface area contributed by atoms with E-state index in [-0.39, 0.29) is 5.91 Å². The Bertz CT molecular complexity index is 1280. The van der Waals surface area contributed by atoms with Gasteiger partial charge in [-0.25, -0.2) is 8.42 Å². The molecule has 3 aromatic rings. The summed E-state index contributed by atoms with van der Waals surface area (Å²) in [6, 6.07) is 8.90. The Hall–Kier alpha value is -3.06. The Morgan fingerprint density at radius 1 is 0.938 bits per heavy atom. The van der Waals surface area contributed by atoms with Gasteiger partial charge in [0.2, 0.25) is 0 Å². The SMILES string of the molecule is Cc1c(C)c(C)c(S(=O)(=O)Nc2ccc3c(c2)CN(C(=O)c2ccco2)CC3)c(C)c1C. The maximum atomic E-state index is 13.4. The average molecular weight is 453 g/mol. The predicted molar refractivity (Wildman–Crippen MR) is 125 cm³/mol. The van der Waals surface area contributed by atoms with Crippen molar-refractivity contribution in [1.82, 2.24) is 4.90 Å². The first-order chi connectivity index (χ1) is 15.1. The van der Waals surface area contributed by atoms with Crippen LogP contribution in [0.4, 0.5) is 5.69 Å². The van der Waals surface area contributed by atoms with Crippen LogP contribution in [0.2, 0.25) is 0 Å². The van der Waals surface area contributed by atoms with E-state index in [9.17, 15) is 13.2 Å². The van der Waals surface area contributed by atoms with Gasteiger partial charge in [-0.15, -0.1) is 0 Å². The van der Waals surface area contributed by atoms with Crippen molar-refractivity contribution in [3.63, 3.8) is 0 Å². The second kappa shape index (κ2) is 8.13. The Labute approximate surface area is 189 Å². The predicted octanol–water partition coefficient (Wildman–Crippen LogP) is 4.82. The lowest BCUT2D eigenvalue weighted by molar-refractivity contribution is 0.0702. The van der Waals surface area contributed by atoms with E-state index >= 15 is 0 Å². The molecular weight excluding hydrogens is 424 g/mol. The molecule has 0 radical (unpaired) electrons. The van der Waals surface area contributed by atoms with E-state index in [0.717, 1.165) is 38.9 Å². The number of furan rings is 1. The fourth-order valence-electron chi connectivity index (χ4n) is 4.42. The number of amides is 1. The topological polar surface area (TPSA) is 79.6 Å². The zero-order valence-corrected chi connectivity index (χ0v) is 19.9. The largest absolute Gasteiger partial charge is 0.459 e. The van der Waals surface area contributed by atoms with Crippen molar-refractivity contribution in [3.8, 4) is 0 Å². The molecule has 2 aromatic carbocycles. The van der Waals surface area contributed by atoms with Crippen molar-refractivity contribution in [3.05, 3.63) is 81.3 Å². The number of sulfonamides is 1. The molecule has 1 N–H and O–H groups in total. The maximum absolute atomic E-state index is 13.4. The standard InChI is InChI=1S/C25H28N2O4S/c1-15-16(2)18(4)24(19(5)17(15)3)32(29,30)26-22-9-8-20-10-11-27(14-21(20)13-22)25(28)23-7-6-12-31-23/h6-9,12-13,26H,10-11,14H2,1-5H3. The van der Waals surface area contributed by atoms with Crippen LogP contribution in [0.1, 0.15) is 49.5 Å². The average Bonchev–Trinajstić information content (AvgIpc) is 3.30. The van der Waals surface area contributed by atoms with Crippen LogP contribution in [-0.2, 0) is 23.0 Å². The lowest BCUT2D eigenvalue weighted by atomic mass is 9.95. The number of rotatable bonds is 4. The molecule has 32 heavy (non-hydrogen) atoms. The molecule has 0 aliphatic carbocycles. The van der Waals surface area contributed by atoms with E-state index < -0.39 is 10.0 Å². The summed E-state index contributed by atoms with van der Waals surface area (Å²) in [5.74, 6) is 0.143. The van der Waals surface area contributed by atoms with Gasteiger partial charge in [-0.2, -0.15) is 0 Å². The maximum Gasteiger partial charge on any atom is 0.289 e. The number of nitrogens with zero attached hydrogens (tertiary/aromatic N) is 1. The van der Waals surface area contributed by atoms with Crippen LogP contribution < -0.4 is 4.72 Å². The van der Waals surface area contributed by atoms with Gasteiger partial charge in [0.15, 0.2) is 5.76 Å². The fraction of sp³-hybridized carbons (Fsp3) is 0.320. The van der Waals surface area contributed by atoms with Crippen LogP contribution >= 0.6 is 0 Å². The summed E-state index contributed by atoms with van der Waals surface area (Å²) in [6.45, 7) is 10.7. The fourth-order valence-corrected chi connectivity index (χ4v) is 6.08. The van der Waals surface area contributed by atoms with Gasteiger partial charge in [-0.3, -0.25) is 9.52 Å². The van der Waals surface area contributed by atoms with E-state index in [2.05, 4.69) is 4.72 Å². The van der Waals surface area contributed by atoms with E-state index in [4.69, 9.17) is 4.42 Å². The lowest BCUT2D eigenvalue weighted by Gasteiger charge is -2.28. The Balaban J connectivity index is 1.63. The number of carbonyl (C=O) groups is 1. The number of hydrogen-bond donors (Lipinski definition) is 1. The lowest BCUT2D eigenvalue weighted by Crippen LogP contribution is -2.35. The number of anilines is 1. The van der Waals surface area contributed by atoms with Gasteiger partial charge in [0.05, 0.1) is 11.2 Å². The molecular formula is C25H28N2O4S. The highest BCUT2D eigenvalue weighted by atomic mass is 32.2. The molecule has 0 fully saturated rings. The van der Waals surface area contributed by atoms with Crippen LogP contribution in [0.25, 0.3) is 0 Å². The quantitative estimate of drug-likeness (QED) is 0.615. The third kappa shape index (κ3) is 3.81. The molecule has 168 valence electrons. The van der Waals surface area contributed by atoms with Crippen LogP contribution in [0, 0.1) is 34.6 Å². The first-order valence-corrected chi connectivity index (χ1v) is 12.1. The second-order valence-corrected chi connectivity index (χ2v) is 10.1. The monoisotopic (exact) mass is 452 g/mol. The number of fused-ring (bicyclic) bond motifs is 1. The van der Waals surface area contributed by atoms with Crippen LogP contribution in [-0.4, -0.2) is 25.8 Å². The summed E-state index contributed by atoms with van der Waals surface area (Å²) in [6.07, 6.45) is 2.19. The molecule has 1 aliphatic rings. The number of benzene rings is 2. The zero-order valence-electron chi connectivity index (χ0n) is 19.1. The summed E-state index contributed by atoms with van der Waals surface area (Å²) in [5.41, 5.74) is 7.18. The summed E-state index contributed by atoms with van der Waals surface area (Å²) in [5, 5.41) is 0. The molecule has 1 amide bonds. The minimum Gasteiger partial charge on any atom is -0.459 e. The molecule has 6 nitrogen and oxygen atoms in total. The summed E-state index contributed by atoms with van der Waals surface area (Å²) >= 11 is 0. The minimum absolute atomic E-state index is 0.163. The zero-order chi connectivity index (χ0) is 23.2. The molecule has 0 spiro atoms. The Morgan fingerprint density at radius 3 is 2.22 bits per heavy atom. The molecule has 7 heteroatoms. The number of nitrogens with one attached hydrogen (secondary N) is 1. The van der Waals surface area contributed by atoms with Crippen molar-refractivity contribution in [2.24, 2.45) is 0 Å². The van der Waals surface area contributed by atoms with Crippen molar-refractivity contribution >= 4 is 21.6 Å².